The van der Waals surface area contributed by atoms with Gasteiger partial charge in [-0.05, 0) is 12.8 Å². The third-order valence-corrected chi connectivity index (χ3v) is 1.99. The van der Waals surface area contributed by atoms with E-state index in [0.29, 0.717) is 12.8 Å². The van der Waals surface area contributed by atoms with Gasteiger partial charge in [0.2, 0.25) is 0 Å². The Balaban J connectivity index is 2.43. The molecule has 4 heteroatoms. The van der Waals surface area contributed by atoms with Crippen molar-refractivity contribution in [3.63, 3.8) is 0 Å². The van der Waals surface area contributed by atoms with Crippen LogP contribution in [0.4, 0.5) is 4.79 Å². The fraction of sp³-hybridized carbons (Fsp3) is 0.857. The molecule has 0 aromatic rings. The van der Waals surface area contributed by atoms with E-state index in [1.165, 1.54) is 0 Å². The Labute approximate surface area is 65.3 Å². The van der Waals surface area contributed by atoms with Crippen molar-refractivity contribution >= 4 is 6.16 Å². The Morgan fingerprint density at radius 1 is 1.36 bits per heavy atom. The van der Waals surface area contributed by atoms with Gasteiger partial charge in [0.25, 0.3) is 0 Å². The van der Waals surface area contributed by atoms with Crippen molar-refractivity contribution in [2.24, 2.45) is 5.73 Å². The lowest BCUT2D eigenvalue weighted by molar-refractivity contribution is -0.0373. The maximum absolute atomic E-state index is 10.2. The fourth-order valence-electron chi connectivity index (χ4n) is 1.43. The number of hydrogen-bond acceptors (Lipinski definition) is 3. The molecule has 0 bridgehead atoms. The molecule has 0 heterocycles. The van der Waals surface area contributed by atoms with E-state index < -0.39 is 11.9 Å². The molecule has 1 saturated carbocycles. The third-order valence-electron chi connectivity index (χ3n) is 1.99. The molecule has 4 nitrogen and oxygen atoms in total. The first-order valence-electron chi connectivity index (χ1n) is 3.83. The molecule has 1 rings (SSSR count). The molecule has 1 aliphatic rings. The second-order valence-corrected chi connectivity index (χ2v) is 2.99. The quantitative estimate of drug-likeness (QED) is 0.446. The molecule has 0 spiro atoms. The predicted octanol–water partition coefficient (Wildman–Crippen LogP) is 1.30. The second kappa shape index (κ2) is 3.09. The first kappa shape index (κ1) is 8.33. The number of carboxylic acid groups (broad SMARTS) is 1. The normalized spacial score (nSPS) is 22.6. The lowest BCUT2D eigenvalue weighted by Crippen LogP contribution is -2.45. The smallest absolute Gasteiger partial charge is 0.450 e. The lowest BCUT2D eigenvalue weighted by atomic mass is 9.92. The summed E-state index contributed by atoms with van der Waals surface area (Å²) in [6, 6.07) is 0. The van der Waals surface area contributed by atoms with E-state index in [0.717, 1.165) is 19.3 Å². The van der Waals surface area contributed by atoms with Gasteiger partial charge in [-0.1, -0.05) is 6.42 Å². The summed E-state index contributed by atoms with van der Waals surface area (Å²) in [7, 11) is 0. The Kier molecular flexibility index (Phi) is 2.34. The van der Waals surface area contributed by atoms with Crippen LogP contribution in [0.25, 0.3) is 0 Å². The summed E-state index contributed by atoms with van der Waals surface area (Å²) < 4.78 is 4.57. The molecule has 0 radical (unpaired) electrons. The molecule has 64 valence electrons. The third kappa shape index (κ3) is 2.38. The zero-order valence-corrected chi connectivity index (χ0v) is 6.38. The van der Waals surface area contributed by atoms with Gasteiger partial charge in [-0.2, -0.15) is 0 Å². The molecule has 0 aliphatic heterocycles. The summed E-state index contributed by atoms with van der Waals surface area (Å²) in [6.45, 7) is 0. The maximum Gasteiger partial charge on any atom is 0.507 e. The van der Waals surface area contributed by atoms with Crippen LogP contribution in [0.3, 0.4) is 0 Å². The summed E-state index contributed by atoms with van der Waals surface area (Å²) in [5, 5.41) is 8.33. The van der Waals surface area contributed by atoms with E-state index in [-0.39, 0.29) is 0 Å². The topological polar surface area (TPSA) is 72.5 Å². The van der Waals surface area contributed by atoms with E-state index in [1.54, 1.807) is 0 Å². The molecule has 1 aliphatic carbocycles. The molecule has 0 saturated heterocycles. The standard InChI is InChI=1S/C7H13NO3/c8-7(11-6(9)10)4-2-1-3-5-7/h1-5,8H2,(H,9,10). The summed E-state index contributed by atoms with van der Waals surface area (Å²) >= 11 is 0. The van der Waals surface area contributed by atoms with E-state index in [4.69, 9.17) is 10.8 Å². The van der Waals surface area contributed by atoms with Crippen LogP contribution < -0.4 is 5.73 Å². The zero-order valence-electron chi connectivity index (χ0n) is 6.38. The molecule has 0 aromatic heterocycles. The molecular weight excluding hydrogens is 146 g/mol. The summed E-state index contributed by atoms with van der Waals surface area (Å²) in [5.41, 5.74) is 4.76. The monoisotopic (exact) mass is 159 g/mol. The van der Waals surface area contributed by atoms with Crippen LogP contribution in [0.15, 0.2) is 0 Å². The zero-order chi connectivity index (χ0) is 8.32. The van der Waals surface area contributed by atoms with Gasteiger partial charge in [0, 0.05) is 12.8 Å². The van der Waals surface area contributed by atoms with Crippen LogP contribution >= 0.6 is 0 Å². The first-order valence-corrected chi connectivity index (χ1v) is 3.83. The van der Waals surface area contributed by atoms with E-state index in [1.807, 2.05) is 0 Å². The van der Waals surface area contributed by atoms with Crippen LogP contribution in [0.5, 0.6) is 0 Å². The highest BCUT2D eigenvalue weighted by Gasteiger charge is 2.31. The van der Waals surface area contributed by atoms with Crippen molar-refractivity contribution < 1.29 is 14.6 Å². The molecule has 0 atom stereocenters. The van der Waals surface area contributed by atoms with Gasteiger partial charge in [0.1, 0.15) is 0 Å². The highest BCUT2D eigenvalue weighted by atomic mass is 16.7. The largest absolute Gasteiger partial charge is 0.507 e. The minimum atomic E-state index is -1.27. The van der Waals surface area contributed by atoms with Crippen molar-refractivity contribution in [1.82, 2.24) is 0 Å². The summed E-state index contributed by atoms with van der Waals surface area (Å²) in [4.78, 5) is 10.2. The molecule has 0 unspecified atom stereocenters. The Hall–Kier alpha value is -0.770. The number of carbonyl (C=O) groups is 1. The molecule has 0 amide bonds. The van der Waals surface area contributed by atoms with Crippen molar-refractivity contribution in [2.45, 2.75) is 37.8 Å². The van der Waals surface area contributed by atoms with Gasteiger partial charge < -0.3 is 9.84 Å². The van der Waals surface area contributed by atoms with Crippen molar-refractivity contribution in [3.8, 4) is 0 Å². The SMILES string of the molecule is NC1(OC(=O)O)CCCCC1. The fourth-order valence-corrected chi connectivity index (χ4v) is 1.43. The van der Waals surface area contributed by atoms with Gasteiger partial charge in [0.15, 0.2) is 5.72 Å². The number of ether oxygens (including phenoxy) is 1. The molecular formula is C7H13NO3. The van der Waals surface area contributed by atoms with E-state index >= 15 is 0 Å². The Bertz CT molecular complexity index is 152. The molecule has 3 N–H and O–H groups in total. The van der Waals surface area contributed by atoms with Gasteiger partial charge in [-0.3, -0.25) is 5.73 Å². The summed E-state index contributed by atoms with van der Waals surface area (Å²) in [6.07, 6.45) is 3.09. The van der Waals surface area contributed by atoms with Gasteiger partial charge in [-0.15, -0.1) is 0 Å². The van der Waals surface area contributed by atoms with Crippen LogP contribution in [-0.2, 0) is 4.74 Å². The minimum Gasteiger partial charge on any atom is -0.450 e. The van der Waals surface area contributed by atoms with Gasteiger partial charge in [0.05, 0.1) is 0 Å². The maximum atomic E-state index is 10.2. The van der Waals surface area contributed by atoms with Crippen LogP contribution in [0.1, 0.15) is 32.1 Å². The van der Waals surface area contributed by atoms with Crippen LogP contribution in [0, 0.1) is 0 Å². The van der Waals surface area contributed by atoms with E-state index in [2.05, 4.69) is 4.74 Å². The predicted molar refractivity (Wildman–Crippen MR) is 39.1 cm³/mol. The van der Waals surface area contributed by atoms with Crippen molar-refractivity contribution in [1.29, 1.82) is 0 Å². The number of nitrogens with two attached hydrogens (primary N) is 1. The second-order valence-electron chi connectivity index (χ2n) is 2.99. The van der Waals surface area contributed by atoms with Crippen LogP contribution in [-0.4, -0.2) is 17.0 Å². The number of hydrogen-bond donors (Lipinski definition) is 2. The highest BCUT2D eigenvalue weighted by molar-refractivity contribution is 5.57. The molecule has 0 aromatic carbocycles. The van der Waals surface area contributed by atoms with Crippen molar-refractivity contribution in [2.75, 3.05) is 0 Å². The Morgan fingerprint density at radius 2 is 1.91 bits per heavy atom. The minimum absolute atomic E-state index is 0.652. The Morgan fingerprint density at radius 3 is 2.36 bits per heavy atom. The first-order chi connectivity index (χ1) is 5.12. The lowest BCUT2D eigenvalue weighted by Gasteiger charge is -2.31. The van der Waals surface area contributed by atoms with Gasteiger partial charge >= 0.3 is 6.16 Å². The number of rotatable bonds is 1. The molecule has 11 heavy (non-hydrogen) atoms. The summed E-state index contributed by atoms with van der Waals surface area (Å²) in [5.74, 6) is 0. The highest BCUT2D eigenvalue weighted by Crippen LogP contribution is 2.26. The average Bonchev–Trinajstić information content (AvgIpc) is 1.85. The van der Waals surface area contributed by atoms with E-state index in [9.17, 15) is 4.79 Å². The van der Waals surface area contributed by atoms with Gasteiger partial charge in [-0.25, -0.2) is 4.79 Å². The van der Waals surface area contributed by atoms with Crippen LogP contribution in [0.2, 0.25) is 0 Å². The molecule has 1 fully saturated rings. The van der Waals surface area contributed by atoms with Crippen molar-refractivity contribution in [3.05, 3.63) is 0 Å². The average molecular weight is 159 g/mol.